The van der Waals surface area contributed by atoms with Crippen LogP contribution in [0.2, 0.25) is 0 Å². The zero-order valence-corrected chi connectivity index (χ0v) is 12.3. The summed E-state index contributed by atoms with van der Waals surface area (Å²) in [5, 5.41) is 4.62. The van der Waals surface area contributed by atoms with Gasteiger partial charge in [-0.2, -0.15) is 5.10 Å². The number of nitrogen functional groups attached to an aromatic ring is 1. The van der Waals surface area contributed by atoms with E-state index in [1.165, 1.54) is 6.42 Å². The highest BCUT2D eigenvalue weighted by Crippen LogP contribution is 2.50. The average molecular weight is 271 g/mol. The molecule has 0 saturated heterocycles. The number of aromatic nitrogens is 2. The van der Waals surface area contributed by atoms with Crippen molar-refractivity contribution < 1.29 is 4.74 Å². The highest BCUT2D eigenvalue weighted by Gasteiger charge is 2.39. The number of anilines is 1. The summed E-state index contributed by atoms with van der Waals surface area (Å²) in [7, 11) is 1.91. The predicted octanol–water partition coefficient (Wildman–Crippen LogP) is 3.19. The molecule has 20 heavy (non-hydrogen) atoms. The molecule has 2 N–H and O–H groups in total. The normalized spacial score (nSPS) is 20.9. The second kappa shape index (κ2) is 4.85. The Hall–Kier alpha value is -1.97. The first kappa shape index (κ1) is 13.0. The van der Waals surface area contributed by atoms with E-state index >= 15 is 0 Å². The van der Waals surface area contributed by atoms with Crippen molar-refractivity contribution in [3.05, 3.63) is 30.0 Å². The van der Waals surface area contributed by atoms with Crippen molar-refractivity contribution in [2.24, 2.45) is 13.0 Å². The molecule has 0 spiro atoms. The maximum Gasteiger partial charge on any atom is 0.129 e. The van der Waals surface area contributed by atoms with Gasteiger partial charge in [0.1, 0.15) is 11.6 Å². The predicted molar refractivity (Wildman–Crippen MR) is 80.7 cm³/mol. The molecule has 1 aliphatic rings. The second-order valence-corrected chi connectivity index (χ2v) is 5.55. The van der Waals surface area contributed by atoms with Crippen LogP contribution >= 0.6 is 0 Å². The molecule has 1 fully saturated rings. The topological polar surface area (TPSA) is 53.1 Å². The van der Waals surface area contributed by atoms with Crippen molar-refractivity contribution in [3.8, 4) is 16.9 Å². The fraction of sp³-hybridized carbons (Fsp3) is 0.438. The Bertz CT molecular complexity index is 615. The molecule has 1 aromatic carbocycles. The Balaban J connectivity index is 2.00. The summed E-state index contributed by atoms with van der Waals surface area (Å²) in [4.78, 5) is 0. The second-order valence-electron chi connectivity index (χ2n) is 5.55. The minimum absolute atomic E-state index is 0.556. The number of nitrogens with two attached hydrogens (primary N) is 1. The lowest BCUT2D eigenvalue weighted by Crippen LogP contribution is -1.98. The van der Waals surface area contributed by atoms with Crippen molar-refractivity contribution in [1.29, 1.82) is 0 Å². The molecule has 106 valence electrons. The third kappa shape index (κ3) is 2.15. The van der Waals surface area contributed by atoms with Gasteiger partial charge in [-0.15, -0.1) is 0 Å². The van der Waals surface area contributed by atoms with Gasteiger partial charge < -0.3 is 10.5 Å². The van der Waals surface area contributed by atoms with E-state index in [2.05, 4.69) is 24.2 Å². The number of hydrogen-bond acceptors (Lipinski definition) is 3. The molecule has 0 amide bonds. The van der Waals surface area contributed by atoms with E-state index < -0.39 is 0 Å². The van der Waals surface area contributed by atoms with Crippen molar-refractivity contribution in [3.63, 3.8) is 0 Å². The average Bonchev–Trinajstić information content (AvgIpc) is 3.09. The number of benzene rings is 1. The number of rotatable bonds is 4. The molecule has 4 nitrogen and oxygen atoms in total. The zero-order valence-electron chi connectivity index (χ0n) is 12.3. The van der Waals surface area contributed by atoms with Crippen LogP contribution in [0.4, 0.5) is 5.82 Å². The van der Waals surface area contributed by atoms with Crippen LogP contribution in [0, 0.1) is 5.92 Å². The third-order valence-corrected chi connectivity index (χ3v) is 4.03. The molecular formula is C16H21N3O. The van der Waals surface area contributed by atoms with Crippen molar-refractivity contribution >= 4 is 5.82 Å². The van der Waals surface area contributed by atoms with Crippen LogP contribution in [0.3, 0.4) is 0 Å². The molecule has 3 rings (SSSR count). The molecule has 1 heterocycles. The summed E-state index contributed by atoms with van der Waals surface area (Å²) >= 11 is 0. The van der Waals surface area contributed by atoms with Gasteiger partial charge in [0.25, 0.3) is 0 Å². The standard InChI is InChI=1S/C16H21N3O/c1-4-20-12-7-5-11(6-8-12)14-15(13-9-10(13)2)18-19(3)16(14)17/h5-8,10,13H,4,9,17H2,1-3H3. The summed E-state index contributed by atoms with van der Waals surface area (Å²) < 4.78 is 7.27. The van der Waals surface area contributed by atoms with Crippen molar-refractivity contribution in [1.82, 2.24) is 9.78 Å². The lowest BCUT2D eigenvalue weighted by molar-refractivity contribution is 0.340. The first-order valence-electron chi connectivity index (χ1n) is 7.17. The molecule has 0 aliphatic heterocycles. The minimum Gasteiger partial charge on any atom is -0.494 e. The van der Waals surface area contributed by atoms with E-state index in [0.717, 1.165) is 28.4 Å². The van der Waals surface area contributed by atoms with E-state index in [0.29, 0.717) is 18.4 Å². The largest absolute Gasteiger partial charge is 0.494 e. The first-order valence-corrected chi connectivity index (χ1v) is 7.17. The first-order chi connectivity index (χ1) is 9.61. The van der Waals surface area contributed by atoms with Gasteiger partial charge in [0.05, 0.1) is 12.3 Å². The van der Waals surface area contributed by atoms with Crippen LogP contribution in [0.25, 0.3) is 11.1 Å². The summed E-state index contributed by atoms with van der Waals surface area (Å²) in [5.74, 6) is 2.90. The van der Waals surface area contributed by atoms with Crippen LogP contribution in [-0.2, 0) is 7.05 Å². The molecule has 2 unspecified atom stereocenters. The molecule has 1 aromatic heterocycles. The van der Waals surface area contributed by atoms with E-state index in [4.69, 9.17) is 10.5 Å². The van der Waals surface area contributed by atoms with Crippen molar-refractivity contribution in [2.75, 3.05) is 12.3 Å². The van der Waals surface area contributed by atoms with Gasteiger partial charge in [-0.05, 0) is 37.0 Å². The Kier molecular flexibility index (Phi) is 3.16. The smallest absolute Gasteiger partial charge is 0.129 e. The molecule has 4 heteroatoms. The van der Waals surface area contributed by atoms with Crippen LogP contribution < -0.4 is 10.5 Å². The van der Waals surface area contributed by atoms with Crippen molar-refractivity contribution in [2.45, 2.75) is 26.2 Å². The van der Waals surface area contributed by atoms with Gasteiger partial charge in [-0.25, -0.2) is 0 Å². The SMILES string of the molecule is CCOc1ccc(-c2c(C3CC3C)nn(C)c2N)cc1. The maximum atomic E-state index is 6.21. The lowest BCUT2D eigenvalue weighted by atomic mass is 10.0. The van der Waals surface area contributed by atoms with Gasteiger partial charge >= 0.3 is 0 Å². The van der Waals surface area contributed by atoms with Crippen LogP contribution in [0.15, 0.2) is 24.3 Å². The highest BCUT2D eigenvalue weighted by molar-refractivity contribution is 5.78. The van der Waals surface area contributed by atoms with Gasteiger partial charge in [-0.1, -0.05) is 19.1 Å². The summed E-state index contributed by atoms with van der Waals surface area (Å²) in [6.07, 6.45) is 1.21. The molecule has 0 bridgehead atoms. The number of hydrogen-bond donors (Lipinski definition) is 1. The fourth-order valence-corrected chi connectivity index (χ4v) is 2.70. The number of aryl methyl sites for hydroxylation is 1. The van der Waals surface area contributed by atoms with Gasteiger partial charge in [0.2, 0.25) is 0 Å². The number of ether oxygens (including phenoxy) is 1. The molecule has 1 saturated carbocycles. The summed E-state index contributed by atoms with van der Waals surface area (Å²) in [6, 6.07) is 8.11. The summed E-state index contributed by atoms with van der Waals surface area (Å²) in [5.41, 5.74) is 9.56. The molecule has 2 aromatic rings. The lowest BCUT2D eigenvalue weighted by Gasteiger charge is -2.06. The van der Waals surface area contributed by atoms with E-state index in [9.17, 15) is 0 Å². The fourth-order valence-electron chi connectivity index (χ4n) is 2.70. The van der Waals surface area contributed by atoms with Gasteiger partial charge in [0, 0.05) is 18.5 Å². The van der Waals surface area contributed by atoms with E-state index in [1.807, 2.05) is 26.1 Å². The Morgan fingerprint density at radius 2 is 2.00 bits per heavy atom. The van der Waals surface area contributed by atoms with Crippen LogP contribution in [-0.4, -0.2) is 16.4 Å². The molecular weight excluding hydrogens is 250 g/mol. The zero-order chi connectivity index (χ0) is 14.3. The van der Waals surface area contributed by atoms with Gasteiger partial charge in [0.15, 0.2) is 0 Å². The Labute approximate surface area is 119 Å². The van der Waals surface area contributed by atoms with E-state index in [-0.39, 0.29) is 0 Å². The van der Waals surface area contributed by atoms with E-state index in [1.54, 1.807) is 4.68 Å². The van der Waals surface area contributed by atoms with Crippen LogP contribution in [0.1, 0.15) is 31.9 Å². The minimum atomic E-state index is 0.556. The quantitative estimate of drug-likeness (QED) is 0.929. The van der Waals surface area contributed by atoms with Crippen LogP contribution in [0.5, 0.6) is 5.75 Å². The maximum absolute atomic E-state index is 6.21. The summed E-state index contributed by atoms with van der Waals surface area (Å²) in [6.45, 7) is 4.93. The molecule has 0 radical (unpaired) electrons. The monoisotopic (exact) mass is 271 g/mol. The Morgan fingerprint density at radius 1 is 1.35 bits per heavy atom. The van der Waals surface area contributed by atoms with Gasteiger partial charge in [-0.3, -0.25) is 4.68 Å². The number of nitrogens with zero attached hydrogens (tertiary/aromatic N) is 2. The Morgan fingerprint density at radius 3 is 2.55 bits per heavy atom. The molecule has 2 atom stereocenters. The molecule has 1 aliphatic carbocycles. The highest BCUT2D eigenvalue weighted by atomic mass is 16.5. The third-order valence-electron chi connectivity index (χ3n) is 4.03.